The smallest absolute Gasteiger partial charge is 0.133 e. The van der Waals surface area contributed by atoms with Crippen molar-refractivity contribution in [3.05, 3.63) is 35.9 Å². The number of hydrogen-bond donors (Lipinski definition) is 0. The Morgan fingerprint density at radius 2 is 1.71 bits per heavy atom. The van der Waals surface area contributed by atoms with E-state index < -0.39 is 0 Å². The third-order valence-electron chi connectivity index (χ3n) is 2.25. The first-order valence-corrected chi connectivity index (χ1v) is 6.44. The maximum Gasteiger partial charge on any atom is 0.133 e. The van der Waals surface area contributed by atoms with Crippen molar-refractivity contribution in [2.24, 2.45) is 0 Å². The summed E-state index contributed by atoms with van der Waals surface area (Å²) < 4.78 is 5.34. The quantitative estimate of drug-likeness (QED) is 0.619. The zero-order valence-electron chi connectivity index (χ0n) is 8.12. The minimum absolute atomic E-state index is 0. The largest absolute Gasteiger partial charge is 1.00 e. The predicted octanol–water partition coefficient (Wildman–Crippen LogP) is -1.16. The number of benzene rings is 1. The highest BCUT2D eigenvalue weighted by atomic mass is 79.9. The molecule has 1 aromatic carbocycles. The first-order chi connectivity index (χ1) is 6.45. The summed E-state index contributed by atoms with van der Waals surface area (Å²) in [7, 11) is 0.579. The van der Waals surface area contributed by atoms with Gasteiger partial charge in [0.15, 0.2) is 0 Å². The Labute approximate surface area is 99.0 Å². The molecule has 0 aliphatic carbocycles. The Bertz CT molecular complexity index is 247. The van der Waals surface area contributed by atoms with E-state index in [0.717, 1.165) is 13.2 Å². The summed E-state index contributed by atoms with van der Waals surface area (Å²) in [5.41, 5.74) is 1.48. The summed E-state index contributed by atoms with van der Waals surface area (Å²) in [4.78, 5) is 0. The van der Waals surface area contributed by atoms with E-state index in [2.05, 4.69) is 30.3 Å². The molecule has 0 radical (unpaired) electrons. The Morgan fingerprint density at radius 3 is 2.36 bits per heavy atom. The lowest BCUT2D eigenvalue weighted by atomic mass is 10.2. The topological polar surface area (TPSA) is 9.23 Å². The molecule has 1 heterocycles. The van der Waals surface area contributed by atoms with E-state index >= 15 is 0 Å². The van der Waals surface area contributed by atoms with Crippen LogP contribution in [0.3, 0.4) is 0 Å². The molecule has 0 spiro atoms. The molecule has 3 heteroatoms. The van der Waals surface area contributed by atoms with Gasteiger partial charge in [-0.3, -0.25) is 0 Å². The Balaban J connectivity index is 0.000000980. The van der Waals surface area contributed by atoms with Crippen molar-refractivity contribution >= 4 is 10.9 Å². The first kappa shape index (κ1) is 12.1. The van der Waals surface area contributed by atoms with Crippen molar-refractivity contribution in [1.82, 2.24) is 0 Å². The van der Waals surface area contributed by atoms with Gasteiger partial charge in [-0.1, -0.05) is 30.3 Å². The molecular weight excluding hydrogens is 260 g/mol. The van der Waals surface area contributed by atoms with Crippen LogP contribution in [0.1, 0.15) is 5.56 Å². The fourth-order valence-corrected chi connectivity index (χ4v) is 3.38. The minimum atomic E-state index is 0. The van der Waals surface area contributed by atoms with Gasteiger partial charge in [0.1, 0.15) is 17.3 Å². The van der Waals surface area contributed by atoms with Gasteiger partial charge in [-0.15, -0.1) is 0 Å². The van der Waals surface area contributed by atoms with Crippen LogP contribution in [-0.4, -0.2) is 24.7 Å². The molecule has 1 nitrogen and oxygen atoms in total. The summed E-state index contributed by atoms with van der Waals surface area (Å²) in [6, 6.07) is 10.8. The van der Waals surface area contributed by atoms with Crippen LogP contribution in [0.15, 0.2) is 30.3 Å². The lowest BCUT2D eigenvalue weighted by Gasteiger charge is -2.14. The van der Waals surface area contributed by atoms with Gasteiger partial charge in [-0.25, -0.2) is 0 Å². The van der Waals surface area contributed by atoms with Crippen molar-refractivity contribution in [2.45, 2.75) is 5.75 Å². The van der Waals surface area contributed by atoms with E-state index in [1.165, 1.54) is 22.8 Å². The minimum Gasteiger partial charge on any atom is -1.00 e. The fourth-order valence-electron chi connectivity index (χ4n) is 1.51. The molecule has 0 amide bonds. The lowest BCUT2D eigenvalue weighted by molar-refractivity contribution is -0.00000347. The van der Waals surface area contributed by atoms with Gasteiger partial charge >= 0.3 is 0 Å². The molecule has 78 valence electrons. The molecule has 0 bridgehead atoms. The molecule has 0 saturated carbocycles. The molecular formula is C11H15BrOS. The van der Waals surface area contributed by atoms with E-state index in [1.54, 1.807) is 0 Å². The number of rotatable bonds is 2. The number of ether oxygens (including phenoxy) is 1. The highest BCUT2D eigenvalue weighted by Crippen LogP contribution is 2.11. The van der Waals surface area contributed by atoms with Gasteiger partial charge in [-0.2, -0.15) is 0 Å². The predicted molar refractivity (Wildman–Crippen MR) is 58.1 cm³/mol. The second-order valence-corrected chi connectivity index (χ2v) is 5.59. The van der Waals surface area contributed by atoms with Crippen LogP contribution in [0.25, 0.3) is 0 Å². The summed E-state index contributed by atoms with van der Waals surface area (Å²) in [6.07, 6.45) is 0. The summed E-state index contributed by atoms with van der Waals surface area (Å²) in [5, 5.41) is 0. The van der Waals surface area contributed by atoms with Crippen molar-refractivity contribution in [3.8, 4) is 0 Å². The van der Waals surface area contributed by atoms with Gasteiger partial charge in [0, 0.05) is 5.56 Å². The zero-order chi connectivity index (χ0) is 8.93. The molecule has 14 heavy (non-hydrogen) atoms. The van der Waals surface area contributed by atoms with Gasteiger partial charge in [0.25, 0.3) is 0 Å². The van der Waals surface area contributed by atoms with E-state index in [1.807, 2.05) is 0 Å². The van der Waals surface area contributed by atoms with Gasteiger partial charge < -0.3 is 21.7 Å². The van der Waals surface area contributed by atoms with Crippen molar-refractivity contribution in [2.75, 3.05) is 24.7 Å². The van der Waals surface area contributed by atoms with Crippen molar-refractivity contribution < 1.29 is 21.7 Å². The fraction of sp³-hybridized carbons (Fsp3) is 0.455. The first-order valence-electron chi connectivity index (χ1n) is 4.71. The van der Waals surface area contributed by atoms with Crippen molar-refractivity contribution in [1.29, 1.82) is 0 Å². The van der Waals surface area contributed by atoms with E-state index in [0.29, 0.717) is 10.9 Å². The molecule has 1 aromatic rings. The number of halogens is 1. The molecule has 1 saturated heterocycles. The Morgan fingerprint density at radius 1 is 1.07 bits per heavy atom. The van der Waals surface area contributed by atoms with Crippen LogP contribution < -0.4 is 17.0 Å². The monoisotopic (exact) mass is 274 g/mol. The summed E-state index contributed by atoms with van der Waals surface area (Å²) >= 11 is 0. The third kappa shape index (κ3) is 3.64. The standard InChI is InChI=1S/C11H15OS.BrH/c1-2-4-11(5-3-1)10-13-8-6-12-7-9-13;/h1-5H,6-10H2;1H/q+1;/p-1. The second-order valence-electron chi connectivity index (χ2n) is 3.26. The summed E-state index contributed by atoms with van der Waals surface area (Å²) in [5.74, 6) is 3.77. The highest BCUT2D eigenvalue weighted by molar-refractivity contribution is 7.96. The molecule has 0 atom stereocenters. The van der Waals surface area contributed by atoms with Crippen LogP contribution in [0.4, 0.5) is 0 Å². The van der Waals surface area contributed by atoms with Gasteiger partial charge in [0.05, 0.1) is 13.2 Å². The molecule has 0 aromatic heterocycles. The van der Waals surface area contributed by atoms with Gasteiger partial charge in [0.2, 0.25) is 0 Å². The summed E-state index contributed by atoms with van der Waals surface area (Å²) in [6.45, 7) is 1.94. The molecule has 0 unspecified atom stereocenters. The van der Waals surface area contributed by atoms with E-state index in [9.17, 15) is 0 Å². The SMILES string of the molecule is [Br-].c1ccc(C[S+]2CCOCC2)cc1. The van der Waals surface area contributed by atoms with Crippen LogP contribution >= 0.6 is 0 Å². The maximum atomic E-state index is 5.34. The average Bonchev–Trinajstić information content (AvgIpc) is 2.21. The lowest BCUT2D eigenvalue weighted by Crippen LogP contribution is -3.00. The normalized spacial score (nSPS) is 17.4. The highest BCUT2D eigenvalue weighted by Gasteiger charge is 2.21. The number of hydrogen-bond acceptors (Lipinski definition) is 1. The van der Waals surface area contributed by atoms with Crippen LogP contribution in [-0.2, 0) is 21.4 Å². The maximum absolute atomic E-state index is 5.34. The molecule has 1 aliphatic rings. The van der Waals surface area contributed by atoms with Crippen LogP contribution in [0.2, 0.25) is 0 Å². The van der Waals surface area contributed by atoms with Gasteiger partial charge in [-0.05, 0) is 10.9 Å². The average molecular weight is 275 g/mol. The molecule has 1 aliphatic heterocycles. The van der Waals surface area contributed by atoms with E-state index in [-0.39, 0.29) is 17.0 Å². The Kier molecular flexibility index (Phi) is 5.60. The molecule has 2 rings (SSSR count). The zero-order valence-corrected chi connectivity index (χ0v) is 10.5. The molecule has 0 N–H and O–H groups in total. The van der Waals surface area contributed by atoms with E-state index in [4.69, 9.17) is 4.74 Å². The van der Waals surface area contributed by atoms with Crippen LogP contribution in [0.5, 0.6) is 0 Å². The third-order valence-corrected chi connectivity index (χ3v) is 4.48. The van der Waals surface area contributed by atoms with Crippen LogP contribution in [0, 0.1) is 0 Å². The molecule has 1 fully saturated rings. The second kappa shape index (κ2) is 6.49. The van der Waals surface area contributed by atoms with Crippen molar-refractivity contribution in [3.63, 3.8) is 0 Å². The Hall–Kier alpha value is 0.01000.